The number of fused-ring (bicyclic) bond motifs is 1. The zero-order valence-corrected chi connectivity index (χ0v) is 14.2. The molecule has 1 aromatic carbocycles. The molecule has 2 heterocycles. The Morgan fingerprint density at radius 3 is 2.83 bits per heavy atom. The molecule has 2 aromatic rings. The van der Waals surface area contributed by atoms with Crippen molar-refractivity contribution in [3.63, 3.8) is 0 Å². The lowest BCUT2D eigenvalue weighted by Gasteiger charge is -2.22. The van der Waals surface area contributed by atoms with E-state index in [9.17, 15) is 9.59 Å². The lowest BCUT2D eigenvalue weighted by atomic mass is 10.1. The largest absolute Gasteiger partial charge is 0.481 e. The Balaban J connectivity index is 1.93. The molecule has 1 aliphatic rings. The quantitative estimate of drug-likeness (QED) is 0.853. The number of hydrogen-bond donors (Lipinski definition) is 2. The number of nitrogens with zero attached hydrogens (tertiary/aromatic N) is 1. The molecule has 0 bridgehead atoms. The zero-order chi connectivity index (χ0) is 16.6. The number of rotatable bonds is 4. The predicted molar refractivity (Wildman–Crippen MR) is 88.5 cm³/mol. The van der Waals surface area contributed by atoms with E-state index in [4.69, 9.17) is 9.84 Å². The highest BCUT2D eigenvalue weighted by Crippen LogP contribution is 2.31. The smallest absolute Gasteiger partial charge is 0.305 e. The summed E-state index contributed by atoms with van der Waals surface area (Å²) < 4.78 is 6.02. The first kappa shape index (κ1) is 16.0. The molecule has 0 radical (unpaired) electrons. The van der Waals surface area contributed by atoms with E-state index in [0.29, 0.717) is 23.1 Å². The van der Waals surface area contributed by atoms with Crippen molar-refractivity contribution < 1.29 is 19.4 Å². The van der Waals surface area contributed by atoms with Gasteiger partial charge in [-0.2, -0.15) is 0 Å². The summed E-state index contributed by atoms with van der Waals surface area (Å²) in [5.74, 6) is -1.13. The zero-order valence-electron chi connectivity index (χ0n) is 12.6. The number of carbonyl (C=O) groups is 2. The highest BCUT2D eigenvalue weighted by Gasteiger charge is 2.38. The third-order valence-electron chi connectivity index (χ3n) is 4.24. The molecule has 23 heavy (non-hydrogen) atoms. The van der Waals surface area contributed by atoms with Gasteiger partial charge in [-0.3, -0.25) is 9.59 Å². The molecular formula is C16H17BrN2O4. The average Bonchev–Trinajstić information content (AvgIpc) is 3.08. The molecule has 1 aliphatic heterocycles. The van der Waals surface area contributed by atoms with E-state index in [1.807, 2.05) is 24.3 Å². The molecule has 6 nitrogen and oxygen atoms in total. The van der Waals surface area contributed by atoms with Gasteiger partial charge in [0.1, 0.15) is 5.69 Å². The number of methoxy groups -OCH3 is 1. The summed E-state index contributed by atoms with van der Waals surface area (Å²) >= 11 is 3.48. The average molecular weight is 381 g/mol. The highest BCUT2D eigenvalue weighted by molar-refractivity contribution is 9.10. The molecule has 1 aromatic heterocycles. The second-order valence-electron chi connectivity index (χ2n) is 5.66. The number of likely N-dealkylation sites (tertiary alicyclic amines) is 1. The number of carboxylic acids is 1. The van der Waals surface area contributed by atoms with Crippen LogP contribution in [0.15, 0.2) is 28.7 Å². The standard InChI is InChI=1S/C16H17BrN2O4/c1-23-10-6-9(7-13(20)21)19(8-10)16(22)15-14(17)11-4-2-3-5-12(11)18-15/h2-5,9-10,18H,6-8H2,1H3,(H,20,21). The van der Waals surface area contributed by atoms with Gasteiger partial charge in [-0.15, -0.1) is 0 Å². The van der Waals surface area contributed by atoms with Crippen molar-refractivity contribution in [3.05, 3.63) is 34.4 Å². The minimum atomic E-state index is -0.916. The second kappa shape index (κ2) is 6.33. The fourth-order valence-corrected chi connectivity index (χ4v) is 3.70. The van der Waals surface area contributed by atoms with Gasteiger partial charge in [-0.05, 0) is 28.4 Å². The number of benzene rings is 1. The van der Waals surface area contributed by atoms with E-state index in [0.717, 1.165) is 10.9 Å². The van der Waals surface area contributed by atoms with Gasteiger partial charge in [0, 0.05) is 30.6 Å². The van der Waals surface area contributed by atoms with Crippen molar-refractivity contribution in [2.24, 2.45) is 0 Å². The summed E-state index contributed by atoms with van der Waals surface area (Å²) in [5.41, 5.74) is 1.30. The predicted octanol–water partition coefficient (Wildman–Crippen LogP) is 2.63. The summed E-state index contributed by atoms with van der Waals surface area (Å²) in [6, 6.07) is 7.25. The summed E-state index contributed by atoms with van der Waals surface area (Å²) in [6.07, 6.45) is 0.321. The fourth-order valence-electron chi connectivity index (χ4n) is 3.09. The number of hydrogen-bond acceptors (Lipinski definition) is 3. The van der Waals surface area contributed by atoms with Crippen molar-refractivity contribution in [2.75, 3.05) is 13.7 Å². The fraction of sp³-hybridized carbons (Fsp3) is 0.375. The van der Waals surface area contributed by atoms with Crippen molar-refractivity contribution >= 4 is 38.7 Å². The summed E-state index contributed by atoms with van der Waals surface area (Å²) in [4.78, 5) is 28.7. The van der Waals surface area contributed by atoms with E-state index < -0.39 is 5.97 Å². The van der Waals surface area contributed by atoms with E-state index >= 15 is 0 Å². The first-order valence-corrected chi connectivity index (χ1v) is 8.12. The Hall–Kier alpha value is -1.86. The van der Waals surface area contributed by atoms with E-state index in [-0.39, 0.29) is 24.5 Å². The first-order chi connectivity index (χ1) is 11.0. The Morgan fingerprint density at radius 1 is 1.43 bits per heavy atom. The van der Waals surface area contributed by atoms with Gasteiger partial charge < -0.3 is 19.7 Å². The van der Waals surface area contributed by atoms with Crippen molar-refractivity contribution in [3.8, 4) is 0 Å². The molecule has 3 rings (SSSR count). The molecule has 0 aliphatic carbocycles. The number of para-hydroxylation sites is 1. The van der Waals surface area contributed by atoms with Gasteiger partial charge in [0.25, 0.3) is 5.91 Å². The van der Waals surface area contributed by atoms with Crippen molar-refractivity contribution in [1.82, 2.24) is 9.88 Å². The van der Waals surface area contributed by atoms with Crippen LogP contribution in [0.1, 0.15) is 23.3 Å². The number of nitrogens with one attached hydrogen (secondary N) is 1. The Morgan fingerprint density at radius 2 is 2.17 bits per heavy atom. The Labute approximate surface area is 141 Å². The Kier molecular flexibility index (Phi) is 4.41. The van der Waals surface area contributed by atoms with Crippen LogP contribution in [-0.4, -0.2) is 52.7 Å². The van der Waals surface area contributed by atoms with Crippen LogP contribution in [0.3, 0.4) is 0 Å². The first-order valence-electron chi connectivity index (χ1n) is 7.33. The van der Waals surface area contributed by atoms with E-state index in [1.165, 1.54) is 0 Å². The number of aliphatic carboxylic acids is 1. The molecular weight excluding hydrogens is 364 g/mol. The monoisotopic (exact) mass is 380 g/mol. The van der Waals surface area contributed by atoms with Crippen molar-refractivity contribution in [1.29, 1.82) is 0 Å². The van der Waals surface area contributed by atoms with Gasteiger partial charge >= 0.3 is 5.97 Å². The minimum absolute atomic E-state index is 0.0799. The molecule has 0 saturated carbocycles. The maximum absolute atomic E-state index is 12.9. The maximum atomic E-state index is 12.9. The van der Waals surface area contributed by atoms with Crippen LogP contribution in [0, 0.1) is 0 Å². The van der Waals surface area contributed by atoms with Crippen LogP contribution in [0.2, 0.25) is 0 Å². The topological polar surface area (TPSA) is 82.6 Å². The lowest BCUT2D eigenvalue weighted by Crippen LogP contribution is -2.37. The molecule has 7 heteroatoms. The van der Waals surface area contributed by atoms with Crippen LogP contribution in [0.25, 0.3) is 10.9 Å². The molecule has 2 N–H and O–H groups in total. The number of carboxylic acid groups (broad SMARTS) is 1. The highest BCUT2D eigenvalue weighted by atomic mass is 79.9. The van der Waals surface area contributed by atoms with Crippen LogP contribution >= 0.6 is 15.9 Å². The normalized spacial score (nSPS) is 21.0. The van der Waals surface area contributed by atoms with E-state index in [2.05, 4.69) is 20.9 Å². The molecule has 1 amide bonds. The van der Waals surface area contributed by atoms with Crippen LogP contribution < -0.4 is 0 Å². The van der Waals surface area contributed by atoms with Gasteiger partial charge in [0.05, 0.1) is 17.0 Å². The molecule has 122 valence electrons. The number of H-pyrrole nitrogens is 1. The van der Waals surface area contributed by atoms with Crippen LogP contribution in [0.4, 0.5) is 0 Å². The molecule has 0 spiro atoms. The minimum Gasteiger partial charge on any atom is -0.481 e. The number of aromatic amines is 1. The Bertz CT molecular complexity index is 758. The third-order valence-corrected chi connectivity index (χ3v) is 5.06. The second-order valence-corrected chi connectivity index (χ2v) is 6.46. The summed E-state index contributed by atoms with van der Waals surface area (Å²) in [6.45, 7) is 0.398. The summed E-state index contributed by atoms with van der Waals surface area (Å²) in [7, 11) is 1.58. The summed E-state index contributed by atoms with van der Waals surface area (Å²) in [5, 5.41) is 10.0. The number of ether oxygens (including phenoxy) is 1. The van der Waals surface area contributed by atoms with Gasteiger partial charge in [0.2, 0.25) is 0 Å². The maximum Gasteiger partial charge on any atom is 0.305 e. The molecule has 1 fully saturated rings. The number of carbonyl (C=O) groups excluding carboxylic acids is 1. The van der Waals surface area contributed by atoms with Crippen LogP contribution in [-0.2, 0) is 9.53 Å². The van der Waals surface area contributed by atoms with Gasteiger partial charge in [-0.25, -0.2) is 0 Å². The van der Waals surface area contributed by atoms with Crippen LogP contribution in [0.5, 0.6) is 0 Å². The lowest BCUT2D eigenvalue weighted by molar-refractivity contribution is -0.138. The van der Waals surface area contributed by atoms with E-state index in [1.54, 1.807) is 12.0 Å². The van der Waals surface area contributed by atoms with Gasteiger partial charge in [-0.1, -0.05) is 18.2 Å². The molecule has 2 unspecified atom stereocenters. The number of aromatic nitrogens is 1. The van der Waals surface area contributed by atoms with Crippen molar-refractivity contribution in [2.45, 2.75) is 25.0 Å². The number of amides is 1. The molecule has 2 atom stereocenters. The SMILES string of the molecule is COC1CC(CC(=O)O)N(C(=O)c2[nH]c3ccccc3c2Br)C1. The number of halogens is 1. The van der Waals surface area contributed by atoms with Gasteiger partial charge in [0.15, 0.2) is 0 Å². The molecule has 1 saturated heterocycles. The third kappa shape index (κ3) is 2.98.